The van der Waals surface area contributed by atoms with Gasteiger partial charge in [-0.25, -0.2) is 4.98 Å². The van der Waals surface area contributed by atoms with Crippen LogP contribution in [0.25, 0.3) is 11.1 Å². The Morgan fingerprint density at radius 1 is 1.31 bits per heavy atom. The molecule has 0 aliphatic heterocycles. The van der Waals surface area contributed by atoms with Gasteiger partial charge in [0.15, 0.2) is 10.7 Å². The van der Waals surface area contributed by atoms with Gasteiger partial charge in [0, 0.05) is 6.04 Å². The van der Waals surface area contributed by atoms with Gasteiger partial charge in [0.25, 0.3) is 5.22 Å². The fourth-order valence-corrected chi connectivity index (χ4v) is 4.03. The molecule has 3 atom stereocenters. The molecule has 0 radical (unpaired) electrons. The Hall–Kier alpha value is -1.80. The molecule has 1 fully saturated rings. The largest absolute Gasteiger partial charge is 0.431 e. The molecule has 0 saturated heterocycles. The van der Waals surface area contributed by atoms with Crippen LogP contribution in [0.1, 0.15) is 33.1 Å². The molecule has 1 aliphatic carbocycles. The van der Waals surface area contributed by atoms with Crippen molar-refractivity contribution < 1.29 is 9.21 Å². The van der Waals surface area contributed by atoms with E-state index in [9.17, 15) is 4.79 Å². The van der Waals surface area contributed by atoms with Crippen molar-refractivity contribution in [1.82, 2.24) is 21.2 Å². The van der Waals surface area contributed by atoms with E-state index in [0.717, 1.165) is 17.5 Å². The van der Waals surface area contributed by atoms with E-state index in [1.165, 1.54) is 24.6 Å². The molecule has 1 aliphatic rings. The number of nitrogens with one attached hydrogen (secondary N) is 3. The van der Waals surface area contributed by atoms with E-state index in [2.05, 4.69) is 35.0 Å². The van der Waals surface area contributed by atoms with Gasteiger partial charge in [0.05, 0.1) is 5.75 Å². The molecule has 8 heteroatoms. The second-order valence-electron chi connectivity index (χ2n) is 6.76. The molecule has 1 heterocycles. The lowest BCUT2D eigenvalue weighted by Crippen LogP contribution is -2.52. The number of para-hydroxylation sites is 2. The van der Waals surface area contributed by atoms with Gasteiger partial charge in [-0.05, 0) is 42.6 Å². The molecule has 0 unspecified atom stereocenters. The molecule has 1 aromatic carbocycles. The number of thioether (sulfide) groups is 1. The summed E-state index contributed by atoms with van der Waals surface area (Å²) in [4.78, 5) is 16.3. The smallest absolute Gasteiger partial charge is 0.257 e. The lowest BCUT2D eigenvalue weighted by atomic mass is 9.78. The number of oxazole rings is 1. The van der Waals surface area contributed by atoms with Gasteiger partial charge in [-0.3, -0.25) is 15.6 Å². The lowest BCUT2D eigenvalue weighted by molar-refractivity contribution is -0.119. The number of carbonyl (C=O) groups excluding carboxylic acids is 1. The van der Waals surface area contributed by atoms with Gasteiger partial charge in [-0.1, -0.05) is 50.6 Å². The minimum Gasteiger partial charge on any atom is -0.431 e. The first-order valence-electron chi connectivity index (χ1n) is 8.86. The number of hydrogen-bond donors (Lipinski definition) is 3. The predicted molar refractivity (Wildman–Crippen MR) is 108 cm³/mol. The summed E-state index contributed by atoms with van der Waals surface area (Å²) >= 11 is 6.54. The zero-order chi connectivity index (χ0) is 18.5. The van der Waals surface area contributed by atoms with Crippen molar-refractivity contribution in [2.24, 2.45) is 11.8 Å². The second-order valence-corrected chi connectivity index (χ2v) is 8.09. The van der Waals surface area contributed by atoms with E-state index in [4.69, 9.17) is 16.6 Å². The molecule has 140 valence electrons. The predicted octanol–water partition coefficient (Wildman–Crippen LogP) is 3.24. The number of fused-ring (bicyclic) bond motifs is 1. The van der Waals surface area contributed by atoms with Gasteiger partial charge < -0.3 is 9.73 Å². The third-order valence-electron chi connectivity index (χ3n) is 4.94. The molecule has 0 bridgehead atoms. The van der Waals surface area contributed by atoms with Crippen molar-refractivity contribution in [2.75, 3.05) is 5.75 Å². The number of rotatable bonds is 4. The first kappa shape index (κ1) is 19.0. The Bertz CT molecular complexity index is 746. The molecule has 1 aromatic heterocycles. The van der Waals surface area contributed by atoms with E-state index in [-0.39, 0.29) is 11.7 Å². The lowest BCUT2D eigenvalue weighted by Gasteiger charge is -2.35. The van der Waals surface area contributed by atoms with Crippen molar-refractivity contribution in [1.29, 1.82) is 0 Å². The summed E-state index contributed by atoms with van der Waals surface area (Å²) in [7, 11) is 0. The highest BCUT2D eigenvalue weighted by molar-refractivity contribution is 7.99. The maximum Gasteiger partial charge on any atom is 0.257 e. The number of hydrogen-bond acceptors (Lipinski definition) is 5. The fraction of sp³-hybridized carbons (Fsp3) is 0.500. The van der Waals surface area contributed by atoms with Gasteiger partial charge >= 0.3 is 0 Å². The van der Waals surface area contributed by atoms with Crippen molar-refractivity contribution in [3.05, 3.63) is 24.3 Å². The summed E-state index contributed by atoms with van der Waals surface area (Å²) in [6.07, 6.45) is 3.58. The van der Waals surface area contributed by atoms with Gasteiger partial charge in [-0.15, -0.1) is 0 Å². The highest BCUT2D eigenvalue weighted by atomic mass is 32.2. The SMILES string of the molecule is C[C@@H]1[C@H](C)CCC[C@@H]1NC(=S)NNC(=O)CSc1nc2ccccc2o1. The fourth-order valence-electron chi connectivity index (χ4n) is 3.19. The van der Waals surface area contributed by atoms with E-state index in [1.54, 1.807) is 0 Å². The van der Waals surface area contributed by atoms with Crippen molar-refractivity contribution in [3.63, 3.8) is 0 Å². The van der Waals surface area contributed by atoms with Crippen LogP contribution >= 0.6 is 24.0 Å². The second kappa shape index (κ2) is 8.73. The summed E-state index contributed by atoms with van der Waals surface area (Å²) in [5.74, 6) is 1.26. The Morgan fingerprint density at radius 3 is 2.92 bits per heavy atom. The van der Waals surface area contributed by atoms with E-state index in [1.807, 2.05) is 24.3 Å². The average molecular weight is 393 g/mol. The topological polar surface area (TPSA) is 79.2 Å². The third kappa shape index (κ3) is 4.88. The molecule has 1 saturated carbocycles. The summed E-state index contributed by atoms with van der Waals surface area (Å²) in [6, 6.07) is 7.87. The van der Waals surface area contributed by atoms with Crippen molar-refractivity contribution in [2.45, 2.75) is 44.4 Å². The van der Waals surface area contributed by atoms with Crippen LogP contribution in [-0.2, 0) is 4.79 Å². The molecule has 26 heavy (non-hydrogen) atoms. The van der Waals surface area contributed by atoms with Crippen LogP contribution in [0.15, 0.2) is 33.9 Å². The normalized spacial score (nSPS) is 22.8. The number of amides is 1. The Kier molecular flexibility index (Phi) is 6.37. The number of carbonyl (C=O) groups is 1. The van der Waals surface area contributed by atoms with Gasteiger partial charge in [-0.2, -0.15) is 0 Å². The van der Waals surface area contributed by atoms with E-state index < -0.39 is 0 Å². The van der Waals surface area contributed by atoms with Crippen molar-refractivity contribution in [3.8, 4) is 0 Å². The monoisotopic (exact) mass is 392 g/mol. The van der Waals surface area contributed by atoms with Crippen LogP contribution in [0.2, 0.25) is 0 Å². The molecule has 3 N–H and O–H groups in total. The van der Waals surface area contributed by atoms with E-state index >= 15 is 0 Å². The van der Waals surface area contributed by atoms with Crippen LogP contribution < -0.4 is 16.2 Å². The van der Waals surface area contributed by atoms with Crippen LogP contribution in [-0.4, -0.2) is 27.8 Å². The summed E-state index contributed by atoms with van der Waals surface area (Å²) < 4.78 is 5.58. The maximum atomic E-state index is 12.0. The summed E-state index contributed by atoms with van der Waals surface area (Å²) in [5.41, 5.74) is 6.91. The van der Waals surface area contributed by atoms with E-state index in [0.29, 0.717) is 28.2 Å². The Morgan fingerprint density at radius 2 is 2.12 bits per heavy atom. The van der Waals surface area contributed by atoms with Crippen LogP contribution in [0.3, 0.4) is 0 Å². The minimum absolute atomic E-state index is 0.188. The number of hydrazine groups is 1. The highest BCUT2D eigenvalue weighted by Gasteiger charge is 2.27. The Balaban J connectivity index is 1.40. The molecular formula is C18H24N4O2S2. The first-order valence-corrected chi connectivity index (χ1v) is 10.3. The Labute approximate surface area is 162 Å². The standard InChI is InChI=1S/C18H24N4O2S2/c1-11-6-5-8-13(12(11)2)19-17(25)22-21-16(23)10-26-18-20-14-7-3-4-9-15(14)24-18/h3-4,7,9,11-13H,5-6,8,10H2,1-2H3,(H,21,23)(H2,19,22,25)/t11-,12-,13+/m1/s1. The summed E-state index contributed by atoms with van der Waals surface area (Å²) in [6.45, 7) is 4.53. The molecule has 0 spiro atoms. The van der Waals surface area contributed by atoms with Gasteiger partial charge in [0.2, 0.25) is 5.91 Å². The number of nitrogens with zero attached hydrogens (tertiary/aromatic N) is 1. The van der Waals surface area contributed by atoms with Crippen LogP contribution in [0.4, 0.5) is 0 Å². The highest BCUT2D eigenvalue weighted by Crippen LogP contribution is 2.29. The zero-order valence-corrected chi connectivity index (χ0v) is 16.6. The first-order chi connectivity index (χ1) is 12.5. The van der Waals surface area contributed by atoms with Crippen LogP contribution in [0, 0.1) is 11.8 Å². The number of thiocarbonyl (C=S) groups is 1. The maximum absolute atomic E-state index is 12.0. The summed E-state index contributed by atoms with van der Waals surface area (Å²) in [5, 5.41) is 4.25. The minimum atomic E-state index is -0.188. The quantitative estimate of drug-likeness (QED) is 0.419. The van der Waals surface area contributed by atoms with Crippen LogP contribution in [0.5, 0.6) is 0 Å². The molecule has 3 rings (SSSR count). The molecular weight excluding hydrogens is 368 g/mol. The average Bonchev–Trinajstić information content (AvgIpc) is 3.05. The van der Waals surface area contributed by atoms with Gasteiger partial charge in [0.1, 0.15) is 5.52 Å². The van der Waals surface area contributed by atoms with Crippen molar-refractivity contribution >= 4 is 46.1 Å². The zero-order valence-electron chi connectivity index (χ0n) is 15.0. The number of aromatic nitrogens is 1. The molecule has 6 nitrogen and oxygen atoms in total. The third-order valence-corrected chi connectivity index (χ3v) is 5.99. The molecule has 2 aromatic rings. The number of benzene rings is 1. The molecule has 1 amide bonds.